The van der Waals surface area contributed by atoms with Crippen LogP contribution in [0, 0.1) is 11.3 Å². The molecule has 0 heteroatoms. The van der Waals surface area contributed by atoms with E-state index >= 15 is 0 Å². The van der Waals surface area contributed by atoms with Gasteiger partial charge in [-0.05, 0) is 92.7 Å². The van der Waals surface area contributed by atoms with Gasteiger partial charge < -0.3 is 0 Å². The molecule has 0 saturated heterocycles. The van der Waals surface area contributed by atoms with Gasteiger partial charge in [0.15, 0.2) is 0 Å². The number of rotatable bonds is 3. The summed E-state index contributed by atoms with van der Waals surface area (Å²) in [5, 5.41) is 0. The quantitative estimate of drug-likeness (QED) is 0.521. The third-order valence-corrected chi connectivity index (χ3v) is 8.91. The van der Waals surface area contributed by atoms with Crippen LogP contribution in [0.15, 0.2) is 40.5 Å². The van der Waals surface area contributed by atoms with Gasteiger partial charge in [0.2, 0.25) is 0 Å². The van der Waals surface area contributed by atoms with Gasteiger partial charge >= 0.3 is 0 Å². The molecule has 1 aromatic carbocycles. The van der Waals surface area contributed by atoms with E-state index in [1.54, 1.807) is 27.8 Å². The van der Waals surface area contributed by atoms with E-state index in [1.807, 2.05) is 0 Å². The van der Waals surface area contributed by atoms with E-state index in [-0.39, 0.29) is 10.8 Å². The molecule has 27 heavy (non-hydrogen) atoms. The van der Waals surface area contributed by atoms with Crippen molar-refractivity contribution in [3.63, 3.8) is 0 Å². The van der Waals surface area contributed by atoms with Crippen molar-refractivity contribution in [2.45, 2.75) is 86.0 Å². The van der Waals surface area contributed by atoms with Gasteiger partial charge in [0.25, 0.3) is 0 Å². The molecule has 3 aliphatic carbocycles. The van der Waals surface area contributed by atoms with Gasteiger partial charge in [-0.25, -0.2) is 0 Å². The molecule has 0 saturated carbocycles. The van der Waals surface area contributed by atoms with Crippen LogP contribution in [-0.2, 0) is 18.3 Å². The Morgan fingerprint density at radius 3 is 2.22 bits per heavy atom. The van der Waals surface area contributed by atoms with E-state index in [9.17, 15) is 0 Å². The van der Waals surface area contributed by atoms with Gasteiger partial charge in [0.05, 0.1) is 0 Å². The van der Waals surface area contributed by atoms with Crippen molar-refractivity contribution >= 4 is 6.08 Å². The molecule has 3 aliphatic rings. The second-order valence-electron chi connectivity index (χ2n) is 9.51. The first-order chi connectivity index (χ1) is 12.8. The average molecular weight is 361 g/mol. The lowest BCUT2D eigenvalue weighted by molar-refractivity contribution is 0.199. The zero-order valence-electron chi connectivity index (χ0n) is 18.4. The molecule has 0 aliphatic heterocycles. The standard InChI is InChI=1S/C27H36/c1-8-17(2)27(26(7)20(5)18(3)19(4)21(26)6)16-15-23-14-13-22-11-9-10-12-24(22)25(23)27/h13-17H,8-12H2,1-7H3. The lowest BCUT2D eigenvalue weighted by Gasteiger charge is -2.52. The molecule has 0 amide bonds. The topological polar surface area (TPSA) is 0 Å². The van der Waals surface area contributed by atoms with Crippen molar-refractivity contribution in [2.24, 2.45) is 11.3 Å². The van der Waals surface area contributed by atoms with Crippen LogP contribution in [0.3, 0.4) is 0 Å². The van der Waals surface area contributed by atoms with Crippen LogP contribution in [0.2, 0.25) is 0 Å². The molecule has 144 valence electrons. The molecule has 0 fully saturated rings. The number of hydrogen-bond donors (Lipinski definition) is 0. The third-order valence-electron chi connectivity index (χ3n) is 8.91. The van der Waals surface area contributed by atoms with E-state index < -0.39 is 0 Å². The van der Waals surface area contributed by atoms with Crippen LogP contribution >= 0.6 is 0 Å². The largest absolute Gasteiger partial charge is 0.0719 e. The summed E-state index contributed by atoms with van der Waals surface area (Å²) in [5.74, 6) is 0.608. The van der Waals surface area contributed by atoms with Crippen molar-refractivity contribution in [2.75, 3.05) is 0 Å². The molecule has 0 nitrogen and oxygen atoms in total. The average Bonchev–Trinajstić information content (AvgIpc) is 3.17. The Labute approximate surface area is 166 Å². The Morgan fingerprint density at radius 2 is 1.59 bits per heavy atom. The molecule has 0 bridgehead atoms. The minimum absolute atomic E-state index is 0.0743. The van der Waals surface area contributed by atoms with E-state index in [0.29, 0.717) is 5.92 Å². The van der Waals surface area contributed by atoms with E-state index in [0.717, 1.165) is 0 Å². The summed E-state index contributed by atoms with van der Waals surface area (Å²) < 4.78 is 0. The second kappa shape index (κ2) is 6.23. The first-order valence-electron chi connectivity index (χ1n) is 11.0. The number of allylic oxidation sites excluding steroid dienone is 5. The van der Waals surface area contributed by atoms with Gasteiger partial charge in [-0.3, -0.25) is 0 Å². The van der Waals surface area contributed by atoms with E-state index in [2.05, 4.69) is 72.8 Å². The molecule has 1 aromatic rings. The predicted octanol–water partition coefficient (Wildman–Crippen LogP) is 7.57. The summed E-state index contributed by atoms with van der Waals surface area (Å²) in [6, 6.07) is 4.83. The predicted molar refractivity (Wildman–Crippen MR) is 118 cm³/mol. The van der Waals surface area contributed by atoms with Crippen molar-refractivity contribution in [3.05, 3.63) is 62.8 Å². The molecule has 0 aromatic heterocycles. The monoisotopic (exact) mass is 360 g/mol. The molecular formula is C27H36. The number of aryl methyl sites for hydroxylation is 1. The normalized spacial score (nSPS) is 27.2. The molecular weight excluding hydrogens is 324 g/mol. The Morgan fingerprint density at radius 1 is 0.963 bits per heavy atom. The molecule has 0 radical (unpaired) electrons. The summed E-state index contributed by atoms with van der Waals surface area (Å²) in [6.07, 6.45) is 11.5. The zero-order chi connectivity index (χ0) is 19.6. The summed E-state index contributed by atoms with van der Waals surface area (Å²) in [4.78, 5) is 0. The smallest absolute Gasteiger partial charge is 0.0298 e. The minimum Gasteiger partial charge on any atom is -0.0719 e. The van der Waals surface area contributed by atoms with E-state index in [4.69, 9.17) is 0 Å². The van der Waals surface area contributed by atoms with Crippen molar-refractivity contribution in [3.8, 4) is 0 Å². The highest BCUT2D eigenvalue weighted by Gasteiger charge is 2.57. The van der Waals surface area contributed by atoms with Crippen molar-refractivity contribution in [1.29, 1.82) is 0 Å². The van der Waals surface area contributed by atoms with Crippen molar-refractivity contribution in [1.82, 2.24) is 0 Å². The first kappa shape index (κ1) is 18.8. The summed E-state index contributed by atoms with van der Waals surface area (Å²) in [7, 11) is 0. The number of benzene rings is 1. The van der Waals surface area contributed by atoms with Crippen LogP contribution in [0.25, 0.3) is 6.08 Å². The van der Waals surface area contributed by atoms with Gasteiger partial charge in [0, 0.05) is 10.8 Å². The van der Waals surface area contributed by atoms with Crippen LogP contribution in [0.4, 0.5) is 0 Å². The highest BCUT2D eigenvalue weighted by molar-refractivity contribution is 5.73. The van der Waals surface area contributed by atoms with Gasteiger partial charge in [0.1, 0.15) is 0 Å². The van der Waals surface area contributed by atoms with Gasteiger partial charge in [-0.1, -0.05) is 62.6 Å². The molecule has 2 atom stereocenters. The maximum absolute atomic E-state index is 2.61. The maximum Gasteiger partial charge on any atom is 0.0298 e. The minimum atomic E-state index is 0.0743. The van der Waals surface area contributed by atoms with Crippen LogP contribution < -0.4 is 0 Å². The summed E-state index contributed by atoms with van der Waals surface area (Å²) >= 11 is 0. The van der Waals surface area contributed by atoms with Gasteiger partial charge in [-0.15, -0.1) is 0 Å². The lowest BCUT2D eigenvalue weighted by Crippen LogP contribution is -2.48. The van der Waals surface area contributed by atoms with Crippen LogP contribution in [0.1, 0.15) is 90.0 Å². The lowest BCUT2D eigenvalue weighted by atomic mass is 9.51. The second-order valence-corrected chi connectivity index (χ2v) is 9.51. The number of fused-ring (bicyclic) bond motifs is 3. The Bertz CT molecular complexity index is 865. The zero-order valence-corrected chi connectivity index (χ0v) is 18.4. The first-order valence-corrected chi connectivity index (χ1v) is 11.0. The molecule has 4 rings (SSSR count). The highest BCUT2D eigenvalue weighted by atomic mass is 14.6. The fraction of sp³-hybridized carbons (Fsp3) is 0.556. The SMILES string of the molecule is CCC(C)C1(C2(C)C(C)=C(C)C(C)=C2C)C=Cc2ccc3c(c21)CCCC3. The molecule has 0 heterocycles. The maximum atomic E-state index is 2.61. The Kier molecular flexibility index (Phi) is 4.33. The molecule has 2 unspecified atom stereocenters. The fourth-order valence-corrected chi connectivity index (χ4v) is 6.63. The number of hydrogen-bond acceptors (Lipinski definition) is 0. The van der Waals surface area contributed by atoms with Crippen LogP contribution in [0.5, 0.6) is 0 Å². The third kappa shape index (κ3) is 2.16. The molecule has 0 N–H and O–H groups in total. The van der Waals surface area contributed by atoms with Crippen LogP contribution in [-0.4, -0.2) is 0 Å². The summed E-state index contributed by atoms with van der Waals surface area (Å²) in [5.41, 5.74) is 12.8. The Balaban J connectivity index is 2.08. The fourth-order valence-electron chi connectivity index (χ4n) is 6.63. The highest BCUT2D eigenvalue weighted by Crippen LogP contribution is 2.64. The van der Waals surface area contributed by atoms with E-state index in [1.165, 1.54) is 48.8 Å². The Hall–Kier alpha value is -1.56. The summed E-state index contributed by atoms with van der Waals surface area (Å²) in [6.45, 7) is 16.9. The van der Waals surface area contributed by atoms with Crippen molar-refractivity contribution < 1.29 is 0 Å². The molecule has 0 spiro atoms. The van der Waals surface area contributed by atoms with Gasteiger partial charge in [-0.2, -0.15) is 0 Å².